The first-order chi connectivity index (χ1) is 10.2. The van der Waals surface area contributed by atoms with Crippen LogP contribution < -0.4 is 5.32 Å². The molecule has 0 amide bonds. The zero-order valence-electron chi connectivity index (χ0n) is 12.6. The van der Waals surface area contributed by atoms with Gasteiger partial charge in [-0.05, 0) is 44.5 Å². The number of rotatable bonds is 4. The Hall–Kier alpha value is -2.13. The molecule has 0 aliphatic carbocycles. The molecule has 3 heteroatoms. The lowest BCUT2D eigenvalue weighted by Crippen LogP contribution is -2.23. The Morgan fingerprint density at radius 3 is 2.48 bits per heavy atom. The molecule has 0 radical (unpaired) electrons. The van der Waals surface area contributed by atoms with Gasteiger partial charge in [0.25, 0.3) is 0 Å². The topological polar surface area (TPSA) is 38.1 Å². The molecule has 3 rings (SSSR count). The number of para-hydroxylation sites is 1. The summed E-state index contributed by atoms with van der Waals surface area (Å²) >= 11 is 0. The molecule has 1 aromatic carbocycles. The summed E-state index contributed by atoms with van der Waals surface area (Å²) in [6.45, 7) is 6.37. The smallest absolute Gasteiger partial charge is 0.134 e. The number of aromatic nitrogens is 1. The molecule has 0 bridgehead atoms. The molecule has 2 atom stereocenters. The fourth-order valence-corrected chi connectivity index (χ4v) is 2.77. The molecule has 0 saturated heterocycles. The van der Waals surface area contributed by atoms with Crippen LogP contribution in [0.5, 0.6) is 0 Å². The molecule has 0 fully saturated rings. The Kier molecular flexibility index (Phi) is 3.76. The number of nitrogens with zero attached hydrogens (tertiary/aromatic N) is 1. The number of hydrogen-bond acceptors (Lipinski definition) is 3. The van der Waals surface area contributed by atoms with E-state index in [2.05, 4.69) is 37.1 Å². The summed E-state index contributed by atoms with van der Waals surface area (Å²) in [6, 6.07) is 14.5. The van der Waals surface area contributed by atoms with Gasteiger partial charge in [-0.15, -0.1) is 0 Å². The molecule has 0 spiro atoms. The maximum Gasteiger partial charge on any atom is 0.134 e. The van der Waals surface area contributed by atoms with Crippen LogP contribution in [0.15, 0.2) is 53.1 Å². The van der Waals surface area contributed by atoms with Crippen LogP contribution in [0.2, 0.25) is 0 Å². The van der Waals surface area contributed by atoms with Crippen molar-refractivity contribution in [2.45, 2.75) is 32.9 Å². The van der Waals surface area contributed by atoms with Gasteiger partial charge in [0, 0.05) is 17.6 Å². The first kappa shape index (κ1) is 13.8. The summed E-state index contributed by atoms with van der Waals surface area (Å²) in [5.41, 5.74) is 3.20. The summed E-state index contributed by atoms with van der Waals surface area (Å²) in [5, 5.41) is 4.74. The van der Waals surface area contributed by atoms with E-state index in [1.807, 2.05) is 42.6 Å². The van der Waals surface area contributed by atoms with Gasteiger partial charge in [-0.1, -0.05) is 24.3 Å². The zero-order chi connectivity index (χ0) is 14.8. The highest BCUT2D eigenvalue weighted by Gasteiger charge is 2.18. The summed E-state index contributed by atoms with van der Waals surface area (Å²) in [5.74, 6) is 0.999. The fourth-order valence-electron chi connectivity index (χ4n) is 2.77. The highest BCUT2D eigenvalue weighted by molar-refractivity contribution is 5.82. The average Bonchev–Trinajstić information content (AvgIpc) is 2.86. The summed E-state index contributed by atoms with van der Waals surface area (Å²) in [4.78, 5) is 4.40. The number of benzene rings is 1. The van der Waals surface area contributed by atoms with Crippen molar-refractivity contribution in [3.05, 3.63) is 65.7 Å². The Morgan fingerprint density at radius 2 is 1.76 bits per heavy atom. The van der Waals surface area contributed by atoms with Crippen molar-refractivity contribution < 1.29 is 4.42 Å². The molecule has 3 nitrogen and oxygen atoms in total. The van der Waals surface area contributed by atoms with Gasteiger partial charge in [0.2, 0.25) is 0 Å². The molecule has 1 N–H and O–H groups in total. The molecule has 0 aliphatic rings. The van der Waals surface area contributed by atoms with E-state index in [4.69, 9.17) is 4.42 Å². The lowest BCUT2D eigenvalue weighted by atomic mass is 10.1. The van der Waals surface area contributed by atoms with Crippen molar-refractivity contribution in [3.63, 3.8) is 0 Å². The Balaban J connectivity index is 1.84. The van der Waals surface area contributed by atoms with E-state index in [0.29, 0.717) is 0 Å². The Labute approximate surface area is 125 Å². The molecule has 2 unspecified atom stereocenters. The van der Waals surface area contributed by atoms with Gasteiger partial charge in [-0.3, -0.25) is 10.3 Å². The standard InChI is InChI=1S/C18H20N2O/c1-12-15-8-4-5-10-17(15)21-18(12)14(3)20-13(2)16-9-6-7-11-19-16/h4-11,13-14,20H,1-3H3. The number of fused-ring (bicyclic) bond motifs is 1. The summed E-state index contributed by atoms with van der Waals surface area (Å²) < 4.78 is 6.01. The minimum absolute atomic E-state index is 0.134. The number of aryl methyl sites for hydroxylation is 1. The van der Waals surface area contributed by atoms with Gasteiger partial charge in [0.1, 0.15) is 11.3 Å². The lowest BCUT2D eigenvalue weighted by Gasteiger charge is -2.18. The van der Waals surface area contributed by atoms with Crippen LogP contribution in [0, 0.1) is 6.92 Å². The molecule has 2 aromatic heterocycles. The van der Waals surface area contributed by atoms with E-state index in [1.54, 1.807) is 0 Å². The van der Waals surface area contributed by atoms with Gasteiger partial charge in [0.05, 0.1) is 11.7 Å². The third-order valence-corrected chi connectivity index (χ3v) is 3.91. The second-order valence-corrected chi connectivity index (χ2v) is 5.45. The van der Waals surface area contributed by atoms with E-state index in [9.17, 15) is 0 Å². The SMILES string of the molecule is Cc1c(C(C)NC(C)c2ccccn2)oc2ccccc12. The zero-order valence-corrected chi connectivity index (χ0v) is 12.6. The molecule has 3 aromatic rings. The van der Waals surface area contributed by atoms with Crippen LogP contribution >= 0.6 is 0 Å². The molecule has 21 heavy (non-hydrogen) atoms. The molecule has 108 valence electrons. The minimum atomic E-state index is 0.134. The van der Waals surface area contributed by atoms with E-state index < -0.39 is 0 Å². The fraction of sp³-hybridized carbons (Fsp3) is 0.278. The monoisotopic (exact) mass is 280 g/mol. The summed E-state index contributed by atoms with van der Waals surface area (Å²) in [7, 11) is 0. The third-order valence-electron chi connectivity index (χ3n) is 3.91. The van der Waals surface area contributed by atoms with Crippen LogP contribution in [0.1, 0.15) is 42.9 Å². The highest BCUT2D eigenvalue weighted by Crippen LogP contribution is 2.30. The van der Waals surface area contributed by atoms with Gasteiger partial charge in [0.15, 0.2) is 0 Å². The van der Waals surface area contributed by atoms with Crippen LogP contribution in [-0.4, -0.2) is 4.98 Å². The first-order valence-corrected chi connectivity index (χ1v) is 7.32. The van der Waals surface area contributed by atoms with Crippen molar-refractivity contribution >= 4 is 11.0 Å². The van der Waals surface area contributed by atoms with Crippen LogP contribution in [-0.2, 0) is 0 Å². The molecule has 0 aliphatic heterocycles. The van der Waals surface area contributed by atoms with E-state index in [0.717, 1.165) is 17.0 Å². The number of furan rings is 1. The number of nitrogens with one attached hydrogen (secondary N) is 1. The van der Waals surface area contributed by atoms with E-state index >= 15 is 0 Å². The van der Waals surface area contributed by atoms with Crippen molar-refractivity contribution in [2.75, 3.05) is 0 Å². The lowest BCUT2D eigenvalue weighted by molar-refractivity contribution is 0.411. The maximum absolute atomic E-state index is 6.01. The number of hydrogen-bond donors (Lipinski definition) is 1. The molecular weight excluding hydrogens is 260 g/mol. The van der Waals surface area contributed by atoms with Gasteiger partial charge in [-0.25, -0.2) is 0 Å². The van der Waals surface area contributed by atoms with Crippen molar-refractivity contribution in [3.8, 4) is 0 Å². The van der Waals surface area contributed by atoms with E-state index in [-0.39, 0.29) is 12.1 Å². The highest BCUT2D eigenvalue weighted by atomic mass is 16.3. The van der Waals surface area contributed by atoms with Crippen LogP contribution in [0.3, 0.4) is 0 Å². The Bertz CT molecular complexity index is 733. The van der Waals surface area contributed by atoms with Crippen LogP contribution in [0.25, 0.3) is 11.0 Å². The van der Waals surface area contributed by atoms with Crippen molar-refractivity contribution in [2.24, 2.45) is 0 Å². The normalized spacial score (nSPS) is 14.2. The quantitative estimate of drug-likeness (QED) is 0.762. The van der Waals surface area contributed by atoms with Crippen molar-refractivity contribution in [1.82, 2.24) is 10.3 Å². The van der Waals surface area contributed by atoms with E-state index in [1.165, 1.54) is 10.9 Å². The van der Waals surface area contributed by atoms with Crippen molar-refractivity contribution in [1.29, 1.82) is 0 Å². The molecule has 2 heterocycles. The molecular formula is C18H20N2O. The second-order valence-electron chi connectivity index (χ2n) is 5.45. The summed E-state index contributed by atoms with van der Waals surface area (Å²) in [6.07, 6.45) is 1.82. The predicted molar refractivity (Wildman–Crippen MR) is 85.2 cm³/mol. The largest absolute Gasteiger partial charge is 0.459 e. The first-order valence-electron chi connectivity index (χ1n) is 7.32. The Morgan fingerprint density at radius 1 is 1.00 bits per heavy atom. The average molecular weight is 280 g/mol. The van der Waals surface area contributed by atoms with Crippen LogP contribution in [0.4, 0.5) is 0 Å². The van der Waals surface area contributed by atoms with Gasteiger partial charge < -0.3 is 4.42 Å². The predicted octanol–water partition coefficient (Wildman–Crippen LogP) is 4.55. The number of pyridine rings is 1. The van der Waals surface area contributed by atoms with Gasteiger partial charge >= 0.3 is 0 Å². The minimum Gasteiger partial charge on any atom is -0.459 e. The van der Waals surface area contributed by atoms with Gasteiger partial charge in [-0.2, -0.15) is 0 Å². The third kappa shape index (κ3) is 2.69. The molecule has 0 saturated carbocycles. The second kappa shape index (κ2) is 5.70. The maximum atomic E-state index is 6.01.